The van der Waals surface area contributed by atoms with Crippen molar-refractivity contribution in [1.29, 1.82) is 0 Å². The standard InChI is InChI=1S/C8H13N3.C2H6/c1-10-7-4-9-8(10)11-5-2-3-6-11;1-2/h4,7H,2-3,5-6H2,1H3;1-2H3. The number of nitrogens with zero attached hydrogens (tertiary/aromatic N) is 3. The summed E-state index contributed by atoms with van der Waals surface area (Å²) in [6, 6.07) is 0. The number of aryl methyl sites for hydroxylation is 1. The van der Waals surface area contributed by atoms with Crippen LogP contribution in [0.4, 0.5) is 5.95 Å². The Morgan fingerprint density at radius 1 is 1.23 bits per heavy atom. The van der Waals surface area contributed by atoms with E-state index in [-0.39, 0.29) is 0 Å². The zero-order valence-corrected chi connectivity index (χ0v) is 8.82. The number of rotatable bonds is 1. The second-order valence-corrected chi connectivity index (χ2v) is 3.03. The van der Waals surface area contributed by atoms with Crippen LogP contribution in [0.25, 0.3) is 0 Å². The van der Waals surface area contributed by atoms with E-state index in [9.17, 15) is 0 Å². The summed E-state index contributed by atoms with van der Waals surface area (Å²) in [6.07, 6.45) is 6.47. The lowest BCUT2D eigenvalue weighted by atomic mass is 10.4. The van der Waals surface area contributed by atoms with Crippen LogP contribution in [0.15, 0.2) is 12.4 Å². The second-order valence-electron chi connectivity index (χ2n) is 3.03. The normalized spacial score (nSPS) is 15.5. The largest absolute Gasteiger partial charge is 0.342 e. The number of hydrogen-bond acceptors (Lipinski definition) is 2. The molecule has 0 aliphatic carbocycles. The number of anilines is 1. The van der Waals surface area contributed by atoms with Crippen molar-refractivity contribution < 1.29 is 0 Å². The monoisotopic (exact) mass is 181 g/mol. The Morgan fingerprint density at radius 2 is 1.85 bits per heavy atom. The zero-order chi connectivity index (χ0) is 9.68. The first-order chi connectivity index (χ1) is 6.38. The van der Waals surface area contributed by atoms with Crippen molar-refractivity contribution in [2.75, 3.05) is 18.0 Å². The quantitative estimate of drug-likeness (QED) is 0.661. The molecule has 2 heterocycles. The average Bonchev–Trinajstić information content (AvgIpc) is 2.77. The molecule has 1 fully saturated rings. The van der Waals surface area contributed by atoms with Crippen molar-refractivity contribution in [1.82, 2.24) is 9.55 Å². The van der Waals surface area contributed by atoms with Gasteiger partial charge in [0.15, 0.2) is 0 Å². The summed E-state index contributed by atoms with van der Waals surface area (Å²) in [7, 11) is 2.04. The lowest BCUT2D eigenvalue weighted by Gasteiger charge is -2.15. The van der Waals surface area contributed by atoms with Crippen molar-refractivity contribution in [3.8, 4) is 0 Å². The maximum atomic E-state index is 4.29. The molecule has 0 atom stereocenters. The Hall–Kier alpha value is -0.990. The van der Waals surface area contributed by atoms with Crippen LogP contribution in [0.2, 0.25) is 0 Å². The fourth-order valence-electron chi connectivity index (χ4n) is 1.58. The maximum absolute atomic E-state index is 4.29. The molecule has 3 heteroatoms. The van der Waals surface area contributed by atoms with Crippen molar-refractivity contribution in [2.45, 2.75) is 26.7 Å². The van der Waals surface area contributed by atoms with E-state index >= 15 is 0 Å². The molecule has 0 aromatic carbocycles. The lowest BCUT2D eigenvalue weighted by molar-refractivity contribution is 0.822. The van der Waals surface area contributed by atoms with Crippen LogP contribution in [0, 0.1) is 0 Å². The molecule has 0 spiro atoms. The molecule has 0 bridgehead atoms. The van der Waals surface area contributed by atoms with Gasteiger partial charge in [-0.25, -0.2) is 4.98 Å². The molecule has 0 N–H and O–H groups in total. The third-order valence-corrected chi connectivity index (χ3v) is 2.18. The van der Waals surface area contributed by atoms with Crippen LogP contribution >= 0.6 is 0 Å². The van der Waals surface area contributed by atoms with E-state index in [0.717, 1.165) is 5.95 Å². The first-order valence-corrected chi connectivity index (χ1v) is 5.10. The minimum absolute atomic E-state index is 1.11. The average molecular weight is 181 g/mol. The van der Waals surface area contributed by atoms with Gasteiger partial charge in [-0.1, -0.05) is 13.8 Å². The molecule has 0 saturated carbocycles. The molecular weight excluding hydrogens is 162 g/mol. The van der Waals surface area contributed by atoms with Gasteiger partial charge in [0.05, 0.1) is 0 Å². The van der Waals surface area contributed by atoms with Crippen LogP contribution < -0.4 is 4.90 Å². The Kier molecular flexibility index (Phi) is 3.80. The summed E-state index contributed by atoms with van der Waals surface area (Å²) in [5, 5.41) is 0. The molecule has 1 aliphatic heterocycles. The highest BCUT2D eigenvalue weighted by molar-refractivity contribution is 5.31. The topological polar surface area (TPSA) is 21.1 Å². The van der Waals surface area contributed by atoms with E-state index in [4.69, 9.17) is 0 Å². The Bertz CT molecular complexity index is 236. The Labute approximate surface area is 80.4 Å². The summed E-state index contributed by atoms with van der Waals surface area (Å²) in [6.45, 7) is 6.34. The third-order valence-electron chi connectivity index (χ3n) is 2.18. The molecule has 2 rings (SSSR count). The maximum Gasteiger partial charge on any atom is 0.205 e. The van der Waals surface area contributed by atoms with Gasteiger partial charge in [0.2, 0.25) is 5.95 Å². The molecule has 1 aromatic heterocycles. The molecule has 1 aliphatic rings. The molecular formula is C10H19N3. The highest BCUT2D eigenvalue weighted by atomic mass is 15.3. The van der Waals surface area contributed by atoms with Crippen molar-refractivity contribution in [2.24, 2.45) is 7.05 Å². The van der Waals surface area contributed by atoms with Gasteiger partial charge in [-0.05, 0) is 12.8 Å². The van der Waals surface area contributed by atoms with Gasteiger partial charge < -0.3 is 9.47 Å². The minimum Gasteiger partial charge on any atom is -0.342 e. The van der Waals surface area contributed by atoms with Gasteiger partial charge in [0.25, 0.3) is 0 Å². The van der Waals surface area contributed by atoms with Crippen LogP contribution in [0.5, 0.6) is 0 Å². The molecule has 13 heavy (non-hydrogen) atoms. The van der Waals surface area contributed by atoms with E-state index in [0.29, 0.717) is 0 Å². The molecule has 0 unspecified atom stereocenters. The highest BCUT2D eigenvalue weighted by Crippen LogP contribution is 2.16. The third kappa shape index (κ3) is 2.23. The van der Waals surface area contributed by atoms with Gasteiger partial charge >= 0.3 is 0 Å². The number of aromatic nitrogens is 2. The van der Waals surface area contributed by atoms with E-state index in [1.807, 2.05) is 33.3 Å². The first-order valence-electron chi connectivity index (χ1n) is 5.10. The predicted octanol–water partition coefficient (Wildman–Crippen LogP) is 2.05. The summed E-state index contributed by atoms with van der Waals surface area (Å²) in [4.78, 5) is 6.62. The van der Waals surface area contributed by atoms with Gasteiger partial charge in [0.1, 0.15) is 0 Å². The van der Waals surface area contributed by atoms with E-state index < -0.39 is 0 Å². The Balaban J connectivity index is 0.000000396. The van der Waals surface area contributed by atoms with Crippen molar-refractivity contribution >= 4 is 5.95 Å². The lowest BCUT2D eigenvalue weighted by Crippen LogP contribution is -2.21. The summed E-state index contributed by atoms with van der Waals surface area (Å²) >= 11 is 0. The molecule has 0 radical (unpaired) electrons. The smallest absolute Gasteiger partial charge is 0.205 e. The second kappa shape index (κ2) is 4.90. The van der Waals surface area contributed by atoms with E-state index in [1.165, 1.54) is 25.9 Å². The summed E-state index contributed by atoms with van der Waals surface area (Å²) < 4.78 is 2.07. The zero-order valence-electron chi connectivity index (χ0n) is 8.82. The van der Waals surface area contributed by atoms with E-state index in [1.54, 1.807) is 0 Å². The minimum atomic E-state index is 1.11. The predicted molar refractivity (Wildman–Crippen MR) is 56.0 cm³/mol. The van der Waals surface area contributed by atoms with Gasteiger partial charge in [-0.15, -0.1) is 0 Å². The van der Waals surface area contributed by atoms with Gasteiger partial charge in [-0.2, -0.15) is 0 Å². The highest BCUT2D eigenvalue weighted by Gasteiger charge is 2.14. The van der Waals surface area contributed by atoms with Crippen molar-refractivity contribution in [3.63, 3.8) is 0 Å². The fraction of sp³-hybridized carbons (Fsp3) is 0.700. The van der Waals surface area contributed by atoms with Gasteiger partial charge in [-0.3, -0.25) is 0 Å². The Morgan fingerprint density at radius 3 is 2.31 bits per heavy atom. The number of imidazole rings is 1. The van der Waals surface area contributed by atoms with Crippen molar-refractivity contribution in [3.05, 3.63) is 12.4 Å². The summed E-state index contributed by atoms with van der Waals surface area (Å²) in [5.41, 5.74) is 0. The SMILES string of the molecule is CC.Cn1ccnc1N1CCCC1. The first kappa shape index (κ1) is 10.1. The molecule has 1 saturated heterocycles. The van der Waals surface area contributed by atoms with E-state index in [2.05, 4.69) is 14.5 Å². The van der Waals surface area contributed by atoms with Crippen LogP contribution in [0.3, 0.4) is 0 Å². The number of hydrogen-bond donors (Lipinski definition) is 0. The molecule has 74 valence electrons. The summed E-state index contributed by atoms with van der Waals surface area (Å²) in [5.74, 6) is 1.11. The molecule has 3 nitrogen and oxygen atoms in total. The van der Waals surface area contributed by atoms with Gasteiger partial charge in [0, 0.05) is 32.5 Å². The van der Waals surface area contributed by atoms with Crippen LogP contribution in [-0.4, -0.2) is 22.6 Å². The van der Waals surface area contributed by atoms with Crippen LogP contribution in [0.1, 0.15) is 26.7 Å². The molecule has 0 amide bonds. The van der Waals surface area contributed by atoms with Crippen LogP contribution in [-0.2, 0) is 7.05 Å². The fourth-order valence-corrected chi connectivity index (χ4v) is 1.58. The molecule has 1 aromatic rings.